The Bertz CT molecular complexity index is 989. The lowest BCUT2D eigenvalue weighted by molar-refractivity contribution is -0.131. The summed E-state index contributed by atoms with van der Waals surface area (Å²) in [7, 11) is 0. The first-order chi connectivity index (χ1) is 13.7. The number of alkyl halides is 2. The molecule has 29 heavy (non-hydrogen) atoms. The molecule has 1 atom stereocenters. The summed E-state index contributed by atoms with van der Waals surface area (Å²) in [6.07, 6.45) is 0.962. The van der Waals surface area contributed by atoms with E-state index in [1.807, 2.05) is 28.8 Å². The lowest BCUT2D eigenvalue weighted by Gasteiger charge is -2.19. The van der Waals surface area contributed by atoms with Gasteiger partial charge in [0.2, 0.25) is 5.91 Å². The summed E-state index contributed by atoms with van der Waals surface area (Å²) in [6, 6.07) is 10.1. The summed E-state index contributed by atoms with van der Waals surface area (Å²) in [5, 5.41) is 11.4. The van der Waals surface area contributed by atoms with E-state index in [2.05, 4.69) is 43.8 Å². The van der Waals surface area contributed by atoms with E-state index in [0.29, 0.717) is 16.7 Å². The second-order valence-electron chi connectivity index (χ2n) is 6.72. The third-order valence-corrected chi connectivity index (χ3v) is 5.84. The van der Waals surface area contributed by atoms with E-state index in [9.17, 15) is 18.4 Å². The molecule has 1 aromatic carbocycles. The molecule has 1 saturated heterocycles. The molecule has 10 heteroatoms. The van der Waals surface area contributed by atoms with Crippen LogP contribution in [0.1, 0.15) is 22.3 Å². The smallest absolute Gasteiger partial charge is 0.268 e. The number of halogens is 4. The number of carbonyl (C=O) groups is 2. The monoisotopic (exact) mass is 576 g/mol. The van der Waals surface area contributed by atoms with E-state index in [1.54, 1.807) is 18.3 Å². The summed E-state index contributed by atoms with van der Waals surface area (Å²) >= 11 is 5.64. The Morgan fingerprint density at radius 3 is 2.83 bits per heavy atom. The molecule has 0 bridgehead atoms. The highest BCUT2D eigenvalue weighted by Crippen LogP contribution is 2.31. The molecule has 1 N–H and O–H groups in total. The SMILES string of the molecule is N#C[C@@H]1CC(F)(F)CN1C(=O)CNC(=O)c1cc(Br)n(Cc2cccc(I)c2)c1. The van der Waals surface area contributed by atoms with Crippen molar-refractivity contribution in [1.82, 2.24) is 14.8 Å². The van der Waals surface area contributed by atoms with Crippen molar-refractivity contribution in [3.8, 4) is 6.07 Å². The van der Waals surface area contributed by atoms with Crippen molar-refractivity contribution in [1.29, 1.82) is 5.26 Å². The second-order valence-corrected chi connectivity index (χ2v) is 8.78. The average Bonchev–Trinajstić information content (AvgIpc) is 3.18. The summed E-state index contributed by atoms with van der Waals surface area (Å²) in [6.45, 7) is -0.707. The minimum atomic E-state index is -3.09. The molecule has 2 amide bonds. The first-order valence-electron chi connectivity index (χ1n) is 8.64. The zero-order chi connectivity index (χ0) is 21.2. The number of rotatable bonds is 5. The van der Waals surface area contributed by atoms with E-state index in [0.717, 1.165) is 14.0 Å². The lowest BCUT2D eigenvalue weighted by atomic mass is 10.2. The highest BCUT2D eigenvalue weighted by molar-refractivity contribution is 14.1. The Morgan fingerprint density at radius 2 is 2.14 bits per heavy atom. The van der Waals surface area contributed by atoms with Crippen LogP contribution in [0, 0.1) is 14.9 Å². The maximum atomic E-state index is 13.5. The fourth-order valence-electron chi connectivity index (χ4n) is 3.11. The number of likely N-dealkylation sites (tertiary alicyclic amines) is 1. The molecule has 2 heterocycles. The van der Waals surface area contributed by atoms with Crippen molar-refractivity contribution >= 4 is 50.3 Å². The van der Waals surface area contributed by atoms with Gasteiger partial charge >= 0.3 is 0 Å². The Hall–Kier alpha value is -2.00. The molecule has 0 aliphatic carbocycles. The van der Waals surface area contributed by atoms with Gasteiger partial charge in [0.05, 0.1) is 29.3 Å². The zero-order valence-corrected chi connectivity index (χ0v) is 18.8. The number of hydrogen-bond acceptors (Lipinski definition) is 3. The van der Waals surface area contributed by atoms with Gasteiger partial charge < -0.3 is 14.8 Å². The minimum Gasteiger partial charge on any atom is -0.343 e. The van der Waals surface area contributed by atoms with Crippen molar-refractivity contribution in [2.45, 2.75) is 24.9 Å². The summed E-state index contributed by atoms with van der Waals surface area (Å²) in [4.78, 5) is 25.4. The minimum absolute atomic E-state index is 0.332. The van der Waals surface area contributed by atoms with Gasteiger partial charge in [0.1, 0.15) is 6.04 Å². The van der Waals surface area contributed by atoms with Crippen LogP contribution in [0.15, 0.2) is 41.1 Å². The molecule has 0 spiro atoms. The first kappa shape index (κ1) is 21.7. The summed E-state index contributed by atoms with van der Waals surface area (Å²) in [5.74, 6) is -4.29. The largest absolute Gasteiger partial charge is 0.343 e. The van der Waals surface area contributed by atoms with E-state index in [4.69, 9.17) is 5.26 Å². The highest BCUT2D eigenvalue weighted by Gasteiger charge is 2.47. The van der Waals surface area contributed by atoms with E-state index >= 15 is 0 Å². The molecule has 1 aromatic heterocycles. The molecule has 1 aliphatic heterocycles. The summed E-state index contributed by atoms with van der Waals surface area (Å²) in [5.41, 5.74) is 1.40. The van der Waals surface area contributed by atoms with Crippen LogP contribution < -0.4 is 5.32 Å². The van der Waals surface area contributed by atoms with Gasteiger partial charge in [-0.25, -0.2) is 8.78 Å². The number of amides is 2. The Balaban J connectivity index is 1.61. The van der Waals surface area contributed by atoms with Gasteiger partial charge in [-0.3, -0.25) is 9.59 Å². The van der Waals surface area contributed by atoms with E-state index < -0.39 is 43.3 Å². The number of benzene rings is 1. The van der Waals surface area contributed by atoms with Crippen LogP contribution in [0.2, 0.25) is 0 Å². The van der Waals surface area contributed by atoms with Crippen LogP contribution >= 0.6 is 38.5 Å². The Kier molecular flexibility index (Phi) is 6.58. The number of nitrogens with zero attached hydrogens (tertiary/aromatic N) is 3. The fraction of sp³-hybridized carbons (Fsp3) is 0.316. The number of carbonyl (C=O) groups excluding carboxylic acids is 2. The van der Waals surface area contributed by atoms with Gasteiger partial charge in [0.15, 0.2) is 0 Å². The van der Waals surface area contributed by atoms with Gasteiger partial charge in [-0.15, -0.1) is 0 Å². The van der Waals surface area contributed by atoms with Crippen molar-refractivity contribution in [3.05, 3.63) is 55.8 Å². The molecule has 6 nitrogen and oxygen atoms in total. The topological polar surface area (TPSA) is 78.1 Å². The van der Waals surface area contributed by atoms with Gasteiger partial charge in [-0.1, -0.05) is 12.1 Å². The van der Waals surface area contributed by atoms with Crippen LogP contribution in [0.5, 0.6) is 0 Å². The second kappa shape index (κ2) is 8.79. The quantitative estimate of drug-likeness (QED) is 0.554. The predicted molar refractivity (Wildman–Crippen MR) is 113 cm³/mol. The fourth-order valence-corrected chi connectivity index (χ4v) is 4.19. The Morgan fingerprint density at radius 1 is 1.38 bits per heavy atom. The van der Waals surface area contributed by atoms with Gasteiger partial charge in [-0.05, 0) is 62.3 Å². The average molecular weight is 577 g/mol. The Labute approximate surface area is 188 Å². The maximum absolute atomic E-state index is 13.5. The first-order valence-corrected chi connectivity index (χ1v) is 10.5. The third kappa shape index (κ3) is 5.33. The number of nitrogens with one attached hydrogen (secondary N) is 1. The molecule has 0 saturated carbocycles. The molecule has 0 unspecified atom stereocenters. The van der Waals surface area contributed by atoms with Crippen LogP contribution in [0.4, 0.5) is 8.78 Å². The molecule has 3 rings (SSSR count). The van der Waals surface area contributed by atoms with Crippen LogP contribution in [-0.2, 0) is 11.3 Å². The molecule has 2 aromatic rings. The van der Waals surface area contributed by atoms with Gasteiger partial charge in [-0.2, -0.15) is 5.26 Å². The predicted octanol–water partition coefficient (Wildman–Crippen LogP) is 3.39. The number of aromatic nitrogens is 1. The van der Waals surface area contributed by atoms with Crippen LogP contribution in [0.25, 0.3) is 0 Å². The molecule has 0 radical (unpaired) electrons. The molecule has 1 fully saturated rings. The zero-order valence-electron chi connectivity index (χ0n) is 15.0. The standard InChI is InChI=1S/C19H16BrF2IN4O2/c20-16-5-13(10-26(16)9-12-2-1-3-14(23)4-12)18(29)25-8-17(28)27-11-19(21,22)6-15(27)7-24/h1-5,10,15H,6,8-9,11H2,(H,25,29)/t15-/m0/s1. The van der Waals surface area contributed by atoms with Crippen molar-refractivity contribution < 1.29 is 18.4 Å². The lowest BCUT2D eigenvalue weighted by Crippen LogP contribution is -2.42. The normalized spacial score (nSPS) is 17.8. The third-order valence-electron chi connectivity index (χ3n) is 4.49. The van der Waals surface area contributed by atoms with Crippen LogP contribution in [0.3, 0.4) is 0 Å². The van der Waals surface area contributed by atoms with E-state index in [-0.39, 0.29) is 0 Å². The van der Waals surface area contributed by atoms with Crippen LogP contribution in [-0.4, -0.2) is 46.3 Å². The van der Waals surface area contributed by atoms with Crippen molar-refractivity contribution in [2.24, 2.45) is 0 Å². The maximum Gasteiger partial charge on any atom is 0.268 e. The molecular weight excluding hydrogens is 561 g/mol. The summed E-state index contributed by atoms with van der Waals surface area (Å²) < 4.78 is 30.6. The molecular formula is C19H16BrF2IN4O2. The highest BCUT2D eigenvalue weighted by atomic mass is 127. The number of hydrogen-bond donors (Lipinski definition) is 1. The molecule has 152 valence electrons. The van der Waals surface area contributed by atoms with Gasteiger partial charge in [0.25, 0.3) is 11.8 Å². The van der Waals surface area contributed by atoms with Crippen molar-refractivity contribution in [2.75, 3.05) is 13.1 Å². The molecule has 1 aliphatic rings. The van der Waals surface area contributed by atoms with Gasteiger partial charge in [0, 0.05) is 22.7 Å². The van der Waals surface area contributed by atoms with E-state index in [1.165, 1.54) is 0 Å². The van der Waals surface area contributed by atoms with Crippen molar-refractivity contribution in [3.63, 3.8) is 0 Å². The number of nitriles is 1.